The van der Waals surface area contributed by atoms with Gasteiger partial charge < -0.3 is 4.98 Å². The summed E-state index contributed by atoms with van der Waals surface area (Å²) in [5.74, 6) is 0.568. The molecule has 0 amide bonds. The van der Waals surface area contributed by atoms with Crippen LogP contribution < -0.4 is 0 Å². The van der Waals surface area contributed by atoms with Crippen molar-refractivity contribution in [3.8, 4) is 33.1 Å². The molecule has 0 bridgehead atoms. The van der Waals surface area contributed by atoms with Gasteiger partial charge >= 0.3 is 0 Å². The minimum absolute atomic E-state index is 0.238. The van der Waals surface area contributed by atoms with E-state index in [2.05, 4.69) is 30.2 Å². The van der Waals surface area contributed by atoms with Crippen LogP contribution in [0.4, 0.5) is 4.39 Å². The molecule has 0 aliphatic heterocycles. The molecule has 6 aromatic heterocycles. The van der Waals surface area contributed by atoms with Crippen LogP contribution in [0.3, 0.4) is 0 Å². The number of pyridine rings is 2. The van der Waals surface area contributed by atoms with Gasteiger partial charge in [0.25, 0.3) is 0 Å². The Bertz CT molecular complexity index is 1540. The van der Waals surface area contributed by atoms with E-state index >= 15 is 0 Å². The first kappa shape index (κ1) is 17.0. The largest absolute Gasteiger partial charge is 0.321 e. The zero-order valence-corrected chi connectivity index (χ0v) is 16.4. The fourth-order valence-corrected chi connectivity index (χ4v) is 4.25. The van der Waals surface area contributed by atoms with Gasteiger partial charge in [0.2, 0.25) is 0 Å². The van der Waals surface area contributed by atoms with Gasteiger partial charge in [-0.2, -0.15) is 14.6 Å². The molecule has 0 aliphatic rings. The van der Waals surface area contributed by atoms with Crippen molar-refractivity contribution < 1.29 is 4.39 Å². The quantitative estimate of drug-likeness (QED) is 0.451. The molecule has 6 heterocycles. The highest BCUT2D eigenvalue weighted by atomic mass is 32.1. The summed E-state index contributed by atoms with van der Waals surface area (Å²) < 4.78 is 15.3. The Morgan fingerprint density at radius 3 is 2.80 bits per heavy atom. The maximum atomic E-state index is 13.5. The maximum absolute atomic E-state index is 13.5. The first-order chi connectivity index (χ1) is 14.7. The molecule has 0 radical (unpaired) electrons. The van der Waals surface area contributed by atoms with Gasteiger partial charge in [0.05, 0.1) is 11.6 Å². The highest BCUT2D eigenvalue weighted by Crippen LogP contribution is 2.34. The van der Waals surface area contributed by atoms with Crippen molar-refractivity contribution in [1.29, 1.82) is 0 Å². The van der Waals surface area contributed by atoms with Crippen LogP contribution >= 0.6 is 11.3 Å². The van der Waals surface area contributed by atoms with Gasteiger partial charge in [-0.25, -0.2) is 15.0 Å². The summed E-state index contributed by atoms with van der Waals surface area (Å²) in [6, 6.07) is 7.04. The van der Waals surface area contributed by atoms with Gasteiger partial charge in [0.15, 0.2) is 22.2 Å². The number of aromatic nitrogens is 8. The lowest BCUT2D eigenvalue weighted by atomic mass is 10.1. The second kappa shape index (κ2) is 6.29. The Morgan fingerprint density at radius 1 is 1.07 bits per heavy atom. The number of imidazole rings is 1. The van der Waals surface area contributed by atoms with E-state index in [9.17, 15) is 4.39 Å². The van der Waals surface area contributed by atoms with E-state index < -0.39 is 0 Å². The summed E-state index contributed by atoms with van der Waals surface area (Å²) in [4.78, 5) is 17.6. The number of hydrogen-bond acceptors (Lipinski definition) is 6. The van der Waals surface area contributed by atoms with E-state index in [1.54, 1.807) is 29.3 Å². The zero-order chi connectivity index (χ0) is 20.2. The second-order valence-corrected chi connectivity index (χ2v) is 7.87. The SMILES string of the molecule is Cn1cc(-c2cnc3[nH]nc(-c4nc5c(-c6ccc(F)s6)ccnc5[nH]4)c3c2)cn1. The minimum Gasteiger partial charge on any atom is -0.321 e. The fraction of sp³-hybridized carbons (Fsp3) is 0.0500. The third kappa shape index (κ3) is 2.61. The Morgan fingerprint density at radius 2 is 2.00 bits per heavy atom. The van der Waals surface area contributed by atoms with Crippen LogP contribution in [0.5, 0.6) is 0 Å². The van der Waals surface area contributed by atoms with Crippen molar-refractivity contribution >= 4 is 33.5 Å². The van der Waals surface area contributed by atoms with Crippen LogP contribution in [-0.4, -0.2) is 39.9 Å². The lowest BCUT2D eigenvalue weighted by molar-refractivity contribution is 0.657. The van der Waals surface area contributed by atoms with Crippen molar-refractivity contribution in [2.75, 3.05) is 0 Å². The molecule has 0 fully saturated rings. The van der Waals surface area contributed by atoms with Crippen LogP contribution in [-0.2, 0) is 7.05 Å². The molecule has 0 saturated carbocycles. The summed E-state index contributed by atoms with van der Waals surface area (Å²) in [7, 11) is 1.87. The Labute approximate surface area is 172 Å². The van der Waals surface area contributed by atoms with E-state index in [1.807, 2.05) is 25.4 Å². The Hall–Kier alpha value is -3.92. The molecule has 146 valence electrons. The van der Waals surface area contributed by atoms with Gasteiger partial charge in [-0.05, 0) is 24.3 Å². The fourth-order valence-electron chi connectivity index (χ4n) is 3.49. The van der Waals surface area contributed by atoms with Crippen molar-refractivity contribution in [1.82, 2.24) is 39.9 Å². The number of thiophene rings is 1. The number of nitrogens with zero attached hydrogens (tertiary/aromatic N) is 6. The normalized spacial score (nSPS) is 11.7. The van der Waals surface area contributed by atoms with Gasteiger partial charge in [0.1, 0.15) is 11.2 Å². The molecular weight excluding hydrogens is 403 g/mol. The number of fused-ring (bicyclic) bond motifs is 2. The predicted molar refractivity (Wildman–Crippen MR) is 112 cm³/mol. The van der Waals surface area contributed by atoms with E-state index in [0.717, 1.165) is 38.3 Å². The van der Waals surface area contributed by atoms with Gasteiger partial charge in [-0.3, -0.25) is 9.78 Å². The van der Waals surface area contributed by atoms with E-state index in [0.29, 0.717) is 28.3 Å². The van der Waals surface area contributed by atoms with Crippen molar-refractivity contribution in [3.63, 3.8) is 0 Å². The highest BCUT2D eigenvalue weighted by Gasteiger charge is 2.17. The summed E-state index contributed by atoms with van der Waals surface area (Å²) in [6.07, 6.45) is 7.19. The smallest absolute Gasteiger partial charge is 0.176 e. The maximum Gasteiger partial charge on any atom is 0.176 e. The Kier molecular flexibility index (Phi) is 3.56. The number of aromatic amines is 2. The minimum atomic E-state index is -0.238. The van der Waals surface area contributed by atoms with Crippen molar-refractivity contribution in [2.45, 2.75) is 0 Å². The van der Waals surface area contributed by atoms with Crippen LogP contribution in [0.25, 0.3) is 55.3 Å². The molecule has 0 atom stereocenters. The Balaban J connectivity index is 1.52. The zero-order valence-electron chi connectivity index (χ0n) is 15.6. The number of halogens is 1. The molecule has 6 aromatic rings. The van der Waals surface area contributed by atoms with Crippen LogP contribution in [0.15, 0.2) is 49.1 Å². The summed E-state index contributed by atoms with van der Waals surface area (Å²) in [5.41, 5.74) is 5.31. The van der Waals surface area contributed by atoms with Crippen molar-refractivity contribution in [3.05, 3.63) is 54.2 Å². The summed E-state index contributed by atoms with van der Waals surface area (Å²) in [5, 5.41) is 12.2. The third-order valence-corrected chi connectivity index (χ3v) is 5.81. The van der Waals surface area contributed by atoms with Crippen molar-refractivity contribution in [2.24, 2.45) is 7.05 Å². The molecule has 30 heavy (non-hydrogen) atoms. The van der Waals surface area contributed by atoms with Crippen LogP contribution in [0.2, 0.25) is 0 Å². The topological polar surface area (TPSA) is 101 Å². The lowest BCUT2D eigenvalue weighted by Gasteiger charge is -1.98. The first-order valence-electron chi connectivity index (χ1n) is 9.09. The monoisotopic (exact) mass is 416 g/mol. The summed E-state index contributed by atoms with van der Waals surface area (Å²) in [6.45, 7) is 0. The molecule has 10 heteroatoms. The molecule has 0 aromatic carbocycles. The number of hydrogen-bond donors (Lipinski definition) is 2. The highest BCUT2D eigenvalue weighted by molar-refractivity contribution is 7.14. The average molecular weight is 416 g/mol. The molecule has 6 rings (SSSR count). The molecule has 8 nitrogen and oxygen atoms in total. The van der Waals surface area contributed by atoms with Gasteiger partial charge in [-0.1, -0.05) is 0 Å². The lowest BCUT2D eigenvalue weighted by Crippen LogP contribution is -1.85. The number of nitrogens with one attached hydrogen (secondary N) is 2. The number of rotatable bonds is 3. The third-order valence-electron chi connectivity index (χ3n) is 4.90. The van der Waals surface area contributed by atoms with Crippen LogP contribution in [0, 0.1) is 5.13 Å². The standard InChI is InChI=1S/C20H13FN8S/c1-29-9-11(8-24-29)10-6-13-17(27-28-18(13)23-7-10)20-25-16-12(4-5-22-19(16)26-20)14-2-3-15(21)30-14/h2-9H,1H3,(H,22,25,26)(H,23,27,28). The van der Waals surface area contributed by atoms with E-state index in [-0.39, 0.29) is 5.13 Å². The van der Waals surface area contributed by atoms with Gasteiger partial charge in [-0.15, -0.1) is 11.3 Å². The van der Waals surface area contributed by atoms with E-state index in [4.69, 9.17) is 4.98 Å². The number of aryl methyl sites for hydroxylation is 1. The molecule has 2 N–H and O–H groups in total. The average Bonchev–Trinajstić information content (AvgIpc) is 3.52. The van der Waals surface area contributed by atoms with Gasteiger partial charge in [0, 0.05) is 47.2 Å². The number of H-pyrrole nitrogens is 2. The van der Waals surface area contributed by atoms with E-state index in [1.165, 1.54) is 6.07 Å². The molecule has 0 spiro atoms. The first-order valence-corrected chi connectivity index (χ1v) is 9.91. The molecule has 0 aliphatic carbocycles. The molecular formula is C20H13FN8S. The predicted octanol–water partition coefficient (Wildman–Crippen LogP) is 4.16. The molecule has 0 saturated heterocycles. The van der Waals surface area contributed by atoms with Crippen LogP contribution in [0.1, 0.15) is 0 Å². The summed E-state index contributed by atoms with van der Waals surface area (Å²) >= 11 is 1.08. The molecule has 0 unspecified atom stereocenters. The second-order valence-electron chi connectivity index (χ2n) is 6.84.